The third-order valence-electron chi connectivity index (χ3n) is 6.81. The third-order valence-corrected chi connectivity index (χ3v) is 7.16. The Morgan fingerprint density at radius 3 is 2.50 bits per heavy atom. The second-order valence-corrected chi connectivity index (χ2v) is 9.21. The van der Waals surface area contributed by atoms with Crippen molar-refractivity contribution < 1.29 is 9.84 Å². The Morgan fingerprint density at radius 2 is 1.82 bits per heavy atom. The summed E-state index contributed by atoms with van der Waals surface area (Å²) in [6.45, 7) is 8.21. The lowest BCUT2D eigenvalue weighted by atomic mass is 9.97. The SMILES string of the molecule is Cc1cc([C@H]2[C@@H](c3ccccn3)NC(=S)N2CCO)c(C)n1-c1ccc(N2CCOCC2)cc1. The van der Waals surface area contributed by atoms with Gasteiger partial charge in [-0.05, 0) is 74.1 Å². The lowest BCUT2D eigenvalue weighted by Gasteiger charge is -2.29. The molecule has 0 aliphatic carbocycles. The molecule has 2 aliphatic heterocycles. The van der Waals surface area contributed by atoms with Crippen molar-refractivity contribution in [3.8, 4) is 5.69 Å². The Kier molecular flexibility index (Phi) is 6.54. The minimum atomic E-state index is -0.0853. The van der Waals surface area contributed by atoms with Gasteiger partial charge in [0.15, 0.2) is 5.11 Å². The molecule has 34 heavy (non-hydrogen) atoms. The highest BCUT2D eigenvalue weighted by molar-refractivity contribution is 7.80. The van der Waals surface area contributed by atoms with Crippen molar-refractivity contribution in [3.63, 3.8) is 0 Å². The van der Waals surface area contributed by atoms with Crippen molar-refractivity contribution in [2.75, 3.05) is 44.4 Å². The number of aromatic nitrogens is 2. The number of aryl methyl sites for hydroxylation is 1. The number of morpholine rings is 1. The fourth-order valence-electron chi connectivity index (χ4n) is 5.21. The van der Waals surface area contributed by atoms with Gasteiger partial charge in [0, 0.05) is 48.6 Å². The molecule has 178 valence electrons. The van der Waals surface area contributed by atoms with Crippen molar-refractivity contribution in [2.24, 2.45) is 0 Å². The summed E-state index contributed by atoms with van der Waals surface area (Å²) in [4.78, 5) is 9.06. The van der Waals surface area contributed by atoms with E-state index in [2.05, 4.69) is 68.8 Å². The van der Waals surface area contributed by atoms with E-state index in [1.54, 1.807) is 0 Å². The topological polar surface area (TPSA) is 65.8 Å². The van der Waals surface area contributed by atoms with Crippen LogP contribution in [0.25, 0.3) is 5.69 Å². The van der Waals surface area contributed by atoms with Crippen molar-refractivity contribution in [2.45, 2.75) is 25.9 Å². The molecule has 2 fully saturated rings. The highest BCUT2D eigenvalue weighted by atomic mass is 32.1. The molecule has 0 unspecified atom stereocenters. The molecule has 2 aliphatic rings. The highest BCUT2D eigenvalue weighted by Crippen LogP contribution is 2.41. The molecule has 0 saturated carbocycles. The number of rotatable bonds is 6. The summed E-state index contributed by atoms with van der Waals surface area (Å²) in [6, 6.07) is 16.8. The van der Waals surface area contributed by atoms with Crippen LogP contribution in [0.3, 0.4) is 0 Å². The number of anilines is 1. The fourth-order valence-corrected chi connectivity index (χ4v) is 5.54. The lowest BCUT2D eigenvalue weighted by molar-refractivity contribution is 0.122. The van der Waals surface area contributed by atoms with Crippen LogP contribution >= 0.6 is 12.2 Å². The van der Waals surface area contributed by atoms with Crippen molar-refractivity contribution in [1.29, 1.82) is 0 Å². The molecule has 0 amide bonds. The molecule has 7 nitrogen and oxygen atoms in total. The molecule has 0 bridgehead atoms. The number of aliphatic hydroxyl groups is 1. The summed E-state index contributed by atoms with van der Waals surface area (Å²) < 4.78 is 7.79. The summed E-state index contributed by atoms with van der Waals surface area (Å²) in [5.74, 6) is 0. The van der Waals surface area contributed by atoms with Gasteiger partial charge in [0.25, 0.3) is 0 Å². The standard InChI is InChI=1S/C26H31N5O2S/c1-18-17-22(25-24(23-5-3-4-10-27-23)28-26(34)30(25)11-14-32)19(2)31(18)21-8-6-20(7-9-21)29-12-15-33-16-13-29/h3-10,17,24-25,32H,11-16H2,1-2H3,(H,28,34)/t24-,25+/m1/s1. The molecule has 2 atom stereocenters. The molecule has 2 saturated heterocycles. The van der Waals surface area contributed by atoms with Gasteiger partial charge in [-0.1, -0.05) is 6.07 Å². The average molecular weight is 478 g/mol. The normalized spacial score (nSPS) is 20.6. The Balaban J connectivity index is 1.51. The lowest BCUT2D eigenvalue weighted by Crippen LogP contribution is -2.36. The van der Waals surface area contributed by atoms with Gasteiger partial charge >= 0.3 is 0 Å². The second kappa shape index (κ2) is 9.74. The summed E-state index contributed by atoms with van der Waals surface area (Å²) in [6.07, 6.45) is 1.81. The number of nitrogens with zero attached hydrogens (tertiary/aromatic N) is 4. The number of pyridine rings is 1. The van der Waals surface area contributed by atoms with Crippen molar-refractivity contribution in [1.82, 2.24) is 19.8 Å². The van der Waals surface area contributed by atoms with Gasteiger partial charge in [0.05, 0.1) is 37.6 Å². The minimum Gasteiger partial charge on any atom is -0.395 e. The van der Waals surface area contributed by atoms with E-state index in [4.69, 9.17) is 17.0 Å². The van der Waals surface area contributed by atoms with E-state index in [1.807, 2.05) is 24.4 Å². The summed E-state index contributed by atoms with van der Waals surface area (Å²) >= 11 is 5.67. The number of hydrogen-bond donors (Lipinski definition) is 2. The van der Waals surface area contributed by atoms with E-state index in [9.17, 15) is 5.11 Å². The van der Waals surface area contributed by atoms with Gasteiger partial charge in [-0.3, -0.25) is 4.98 Å². The zero-order valence-corrected chi connectivity index (χ0v) is 20.5. The van der Waals surface area contributed by atoms with E-state index in [-0.39, 0.29) is 18.7 Å². The molecular formula is C26H31N5O2S. The van der Waals surface area contributed by atoms with Crippen LogP contribution in [0.4, 0.5) is 5.69 Å². The maximum atomic E-state index is 9.74. The van der Waals surface area contributed by atoms with E-state index in [0.717, 1.165) is 49.1 Å². The smallest absolute Gasteiger partial charge is 0.170 e. The van der Waals surface area contributed by atoms with Crippen LogP contribution < -0.4 is 10.2 Å². The summed E-state index contributed by atoms with van der Waals surface area (Å²) in [5, 5.41) is 13.8. The predicted octanol–water partition coefficient (Wildman–Crippen LogP) is 3.29. The molecule has 5 rings (SSSR count). The Morgan fingerprint density at radius 1 is 1.09 bits per heavy atom. The van der Waals surface area contributed by atoms with Gasteiger partial charge in [-0.25, -0.2) is 0 Å². The van der Waals surface area contributed by atoms with E-state index in [0.29, 0.717) is 11.7 Å². The van der Waals surface area contributed by atoms with Crippen LogP contribution in [0, 0.1) is 13.8 Å². The van der Waals surface area contributed by atoms with Gasteiger partial charge in [0.2, 0.25) is 0 Å². The van der Waals surface area contributed by atoms with Gasteiger partial charge in [-0.2, -0.15) is 0 Å². The zero-order chi connectivity index (χ0) is 23.7. The number of nitrogens with one attached hydrogen (secondary N) is 1. The van der Waals surface area contributed by atoms with E-state index < -0.39 is 0 Å². The number of hydrogen-bond acceptors (Lipinski definition) is 5. The molecule has 4 heterocycles. The maximum absolute atomic E-state index is 9.74. The first-order valence-corrected chi connectivity index (χ1v) is 12.2. The van der Waals surface area contributed by atoms with Gasteiger partial charge < -0.3 is 29.5 Å². The average Bonchev–Trinajstić information content (AvgIpc) is 3.35. The van der Waals surface area contributed by atoms with Gasteiger partial charge in [0.1, 0.15) is 0 Å². The highest BCUT2D eigenvalue weighted by Gasteiger charge is 2.41. The molecule has 8 heteroatoms. The quantitative estimate of drug-likeness (QED) is 0.528. The predicted molar refractivity (Wildman–Crippen MR) is 138 cm³/mol. The monoisotopic (exact) mass is 477 g/mol. The van der Waals surface area contributed by atoms with Crippen LogP contribution in [0.2, 0.25) is 0 Å². The van der Waals surface area contributed by atoms with Crippen molar-refractivity contribution in [3.05, 3.63) is 77.4 Å². The summed E-state index contributed by atoms with van der Waals surface area (Å²) in [5.41, 5.74) is 6.81. The largest absolute Gasteiger partial charge is 0.395 e. The van der Waals surface area contributed by atoms with Crippen LogP contribution in [-0.4, -0.2) is 64.1 Å². The van der Waals surface area contributed by atoms with E-state index in [1.165, 1.54) is 11.3 Å². The summed E-state index contributed by atoms with van der Waals surface area (Å²) in [7, 11) is 0. The Bertz CT molecular complexity index is 1140. The first kappa shape index (κ1) is 22.8. The van der Waals surface area contributed by atoms with Crippen LogP contribution in [0.1, 0.15) is 34.7 Å². The molecule has 3 aromatic rings. The van der Waals surface area contributed by atoms with Gasteiger partial charge in [-0.15, -0.1) is 0 Å². The number of β-amino-alcohol motifs (C(OH)–C–C–N with tert-alkyl or cyclic N) is 1. The molecule has 2 N–H and O–H groups in total. The molecule has 0 spiro atoms. The third kappa shape index (κ3) is 4.17. The van der Waals surface area contributed by atoms with Crippen LogP contribution in [-0.2, 0) is 4.74 Å². The first-order chi connectivity index (χ1) is 16.6. The van der Waals surface area contributed by atoms with E-state index >= 15 is 0 Å². The number of aliphatic hydroxyl groups excluding tert-OH is 1. The second-order valence-electron chi connectivity index (χ2n) is 8.82. The molecule has 1 aromatic carbocycles. The Labute approximate surface area is 206 Å². The number of benzene rings is 1. The Hall–Kier alpha value is -2.94. The zero-order valence-electron chi connectivity index (χ0n) is 19.6. The fraction of sp³-hybridized carbons (Fsp3) is 0.385. The maximum Gasteiger partial charge on any atom is 0.170 e. The van der Waals surface area contributed by atoms with Crippen LogP contribution in [0.5, 0.6) is 0 Å². The molecule has 2 aromatic heterocycles. The minimum absolute atomic E-state index is 0.0367. The molecular weight excluding hydrogens is 446 g/mol. The number of thiocarbonyl (C=S) groups is 1. The first-order valence-electron chi connectivity index (χ1n) is 11.8. The van der Waals surface area contributed by atoms with Crippen molar-refractivity contribution >= 4 is 23.0 Å². The number of ether oxygens (including phenoxy) is 1. The van der Waals surface area contributed by atoms with Crippen LogP contribution in [0.15, 0.2) is 54.7 Å². The molecule has 0 radical (unpaired) electrons.